The van der Waals surface area contributed by atoms with Crippen LogP contribution >= 0.6 is 11.3 Å². The zero-order chi connectivity index (χ0) is 14.3. The summed E-state index contributed by atoms with van der Waals surface area (Å²) in [5.74, 6) is 1.47. The number of likely N-dealkylation sites (tertiary alicyclic amines) is 1. The molecule has 0 radical (unpaired) electrons. The van der Waals surface area contributed by atoms with Gasteiger partial charge in [0.15, 0.2) is 0 Å². The van der Waals surface area contributed by atoms with Crippen molar-refractivity contribution < 1.29 is 9.47 Å². The Bertz CT molecular complexity index is 491. The van der Waals surface area contributed by atoms with Gasteiger partial charge in [-0.25, -0.2) is 0 Å². The first-order valence-corrected chi connectivity index (χ1v) is 9.10. The summed E-state index contributed by atoms with van der Waals surface area (Å²) in [4.78, 5) is 4.03. The van der Waals surface area contributed by atoms with Crippen LogP contribution in [0.5, 0.6) is 0 Å². The molecule has 0 bridgehead atoms. The van der Waals surface area contributed by atoms with Gasteiger partial charge in [-0.1, -0.05) is 0 Å². The molecular formula is C17H25NO2S. The molecule has 1 spiro atoms. The largest absolute Gasteiger partial charge is 0.381 e. The van der Waals surface area contributed by atoms with Gasteiger partial charge in [0.05, 0.1) is 12.2 Å². The van der Waals surface area contributed by atoms with Crippen LogP contribution in [0.4, 0.5) is 0 Å². The van der Waals surface area contributed by atoms with Crippen LogP contribution in [0.3, 0.4) is 0 Å². The zero-order valence-electron chi connectivity index (χ0n) is 12.8. The van der Waals surface area contributed by atoms with Gasteiger partial charge in [0.1, 0.15) is 0 Å². The minimum absolute atomic E-state index is 0.106. The van der Waals surface area contributed by atoms with Gasteiger partial charge in [-0.15, -0.1) is 11.3 Å². The van der Waals surface area contributed by atoms with Gasteiger partial charge >= 0.3 is 0 Å². The summed E-state index contributed by atoms with van der Waals surface area (Å²) < 4.78 is 12.1. The standard InChI is InChI=1S/C17H25NO2S/c1-13-5-7-21-16(13)8-18-11-17(12-18)15(4-6-20-17)10-19-9-14-2-3-14/h5,7,14-15H,2-4,6,8-12H2,1H3/t15-/m0/s1. The van der Waals surface area contributed by atoms with Gasteiger partial charge in [0.2, 0.25) is 0 Å². The molecular weight excluding hydrogens is 282 g/mol. The lowest BCUT2D eigenvalue weighted by molar-refractivity contribution is -0.145. The Labute approximate surface area is 131 Å². The van der Waals surface area contributed by atoms with Gasteiger partial charge in [0, 0.05) is 43.6 Å². The van der Waals surface area contributed by atoms with E-state index in [1.165, 1.54) is 29.7 Å². The summed E-state index contributed by atoms with van der Waals surface area (Å²) in [6, 6.07) is 2.22. The van der Waals surface area contributed by atoms with Crippen molar-refractivity contribution in [1.29, 1.82) is 0 Å². The summed E-state index contributed by atoms with van der Waals surface area (Å²) in [5, 5.41) is 2.20. The highest BCUT2D eigenvalue weighted by molar-refractivity contribution is 7.10. The molecule has 1 atom stereocenters. The Morgan fingerprint density at radius 3 is 2.90 bits per heavy atom. The van der Waals surface area contributed by atoms with Gasteiger partial charge in [-0.05, 0) is 49.1 Å². The fourth-order valence-electron chi connectivity index (χ4n) is 3.62. The van der Waals surface area contributed by atoms with Crippen molar-refractivity contribution in [2.45, 2.75) is 38.3 Å². The van der Waals surface area contributed by atoms with Crippen LogP contribution in [-0.2, 0) is 16.0 Å². The monoisotopic (exact) mass is 307 g/mol. The topological polar surface area (TPSA) is 21.7 Å². The van der Waals surface area contributed by atoms with E-state index < -0.39 is 0 Å². The van der Waals surface area contributed by atoms with E-state index in [0.29, 0.717) is 5.92 Å². The van der Waals surface area contributed by atoms with Gasteiger partial charge in [-0.2, -0.15) is 0 Å². The van der Waals surface area contributed by atoms with Crippen LogP contribution in [0.1, 0.15) is 29.7 Å². The van der Waals surface area contributed by atoms with E-state index in [4.69, 9.17) is 9.47 Å². The Hall–Kier alpha value is -0.420. The van der Waals surface area contributed by atoms with E-state index in [1.807, 2.05) is 11.3 Å². The molecule has 2 aliphatic heterocycles. The van der Waals surface area contributed by atoms with E-state index in [0.717, 1.165) is 45.4 Å². The number of hydrogen-bond donors (Lipinski definition) is 0. The lowest BCUT2D eigenvalue weighted by Gasteiger charge is -2.50. The lowest BCUT2D eigenvalue weighted by atomic mass is 9.81. The molecule has 3 fully saturated rings. The highest BCUT2D eigenvalue weighted by Gasteiger charge is 2.52. The van der Waals surface area contributed by atoms with E-state index in [9.17, 15) is 0 Å². The molecule has 0 unspecified atom stereocenters. The maximum Gasteiger partial charge on any atom is 0.0985 e. The molecule has 21 heavy (non-hydrogen) atoms. The van der Waals surface area contributed by atoms with Crippen molar-refractivity contribution in [1.82, 2.24) is 4.90 Å². The fourth-order valence-corrected chi connectivity index (χ4v) is 4.57. The predicted octanol–water partition coefficient (Wildman–Crippen LogP) is 3.07. The average molecular weight is 307 g/mol. The van der Waals surface area contributed by atoms with Crippen molar-refractivity contribution in [3.8, 4) is 0 Å². The normalized spacial score (nSPS) is 28.1. The first-order chi connectivity index (χ1) is 10.3. The summed E-state index contributed by atoms with van der Waals surface area (Å²) in [6.45, 7) is 8.27. The van der Waals surface area contributed by atoms with Crippen LogP contribution in [0, 0.1) is 18.8 Å². The summed E-state index contributed by atoms with van der Waals surface area (Å²) >= 11 is 1.88. The van der Waals surface area contributed by atoms with E-state index in [1.54, 1.807) is 0 Å². The first kappa shape index (κ1) is 14.2. The zero-order valence-corrected chi connectivity index (χ0v) is 13.7. The maximum atomic E-state index is 6.12. The molecule has 2 saturated heterocycles. The Morgan fingerprint density at radius 2 is 2.19 bits per heavy atom. The number of rotatable bonds is 6. The SMILES string of the molecule is Cc1ccsc1CN1CC2(C1)OCC[C@H]2COCC1CC1. The summed E-state index contributed by atoms with van der Waals surface area (Å²) in [6.07, 6.45) is 3.93. The molecule has 0 N–H and O–H groups in total. The van der Waals surface area contributed by atoms with E-state index >= 15 is 0 Å². The maximum absolute atomic E-state index is 6.12. The molecule has 0 aromatic carbocycles. The number of aryl methyl sites for hydroxylation is 1. The molecule has 0 amide bonds. The van der Waals surface area contributed by atoms with E-state index in [-0.39, 0.29) is 5.60 Å². The fraction of sp³-hybridized carbons (Fsp3) is 0.765. The molecule has 3 nitrogen and oxygen atoms in total. The molecule has 3 heterocycles. The molecule has 1 saturated carbocycles. The lowest BCUT2D eigenvalue weighted by Crippen LogP contribution is -2.64. The molecule has 3 aliphatic rings. The number of ether oxygens (including phenoxy) is 2. The van der Waals surface area contributed by atoms with E-state index in [2.05, 4.69) is 23.3 Å². The average Bonchev–Trinajstić information content (AvgIpc) is 3.02. The second kappa shape index (κ2) is 5.65. The van der Waals surface area contributed by atoms with Gasteiger partial charge < -0.3 is 9.47 Å². The quantitative estimate of drug-likeness (QED) is 0.806. The van der Waals surface area contributed by atoms with Crippen molar-refractivity contribution in [2.24, 2.45) is 11.8 Å². The number of hydrogen-bond acceptors (Lipinski definition) is 4. The molecule has 1 aliphatic carbocycles. The van der Waals surface area contributed by atoms with Crippen LogP contribution in [0.15, 0.2) is 11.4 Å². The minimum Gasteiger partial charge on any atom is -0.381 e. The molecule has 4 heteroatoms. The molecule has 116 valence electrons. The third kappa shape index (κ3) is 2.91. The summed E-state index contributed by atoms with van der Waals surface area (Å²) in [7, 11) is 0. The Balaban J connectivity index is 1.28. The highest BCUT2D eigenvalue weighted by atomic mass is 32.1. The molecule has 1 aromatic rings. The van der Waals surface area contributed by atoms with Crippen LogP contribution in [0.2, 0.25) is 0 Å². The smallest absolute Gasteiger partial charge is 0.0985 e. The second-order valence-corrected chi connectivity index (χ2v) is 8.05. The number of nitrogens with zero attached hydrogens (tertiary/aromatic N) is 1. The Kier molecular flexibility index (Phi) is 3.82. The second-order valence-electron chi connectivity index (χ2n) is 7.05. The third-order valence-electron chi connectivity index (χ3n) is 5.29. The van der Waals surface area contributed by atoms with Crippen molar-refractivity contribution >= 4 is 11.3 Å². The van der Waals surface area contributed by atoms with Crippen molar-refractivity contribution in [3.63, 3.8) is 0 Å². The minimum atomic E-state index is 0.106. The van der Waals surface area contributed by atoms with Crippen LogP contribution < -0.4 is 0 Å². The Morgan fingerprint density at radius 1 is 1.33 bits per heavy atom. The predicted molar refractivity (Wildman–Crippen MR) is 84.7 cm³/mol. The first-order valence-electron chi connectivity index (χ1n) is 8.22. The number of thiophene rings is 1. The summed E-state index contributed by atoms with van der Waals surface area (Å²) in [5.41, 5.74) is 1.53. The van der Waals surface area contributed by atoms with Crippen molar-refractivity contribution in [3.05, 3.63) is 21.9 Å². The highest BCUT2D eigenvalue weighted by Crippen LogP contribution is 2.41. The van der Waals surface area contributed by atoms with Crippen molar-refractivity contribution in [2.75, 3.05) is 32.9 Å². The van der Waals surface area contributed by atoms with Gasteiger partial charge in [-0.3, -0.25) is 4.90 Å². The van der Waals surface area contributed by atoms with Gasteiger partial charge in [0.25, 0.3) is 0 Å². The van der Waals surface area contributed by atoms with Crippen LogP contribution in [0.25, 0.3) is 0 Å². The third-order valence-corrected chi connectivity index (χ3v) is 6.29. The molecule has 1 aromatic heterocycles. The molecule has 4 rings (SSSR count). The van der Waals surface area contributed by atoms with Crippen LogP contribution in [-0.4, -0.2) is 43.4 Å².